The predicted molar refractivity (Wildman–Crippen MR) is 120 cm³/mol. The molecule has 1 heterocycles. The largest absolute Gasteiger partial charge is 0.353 e. The second-order valence-electron chi connectivity index (χ2n) is 6.67. The molecule has 152 valence electrons. The summed E-state index contributed by atoms with van der Waals surface area (Å²) in [7, 11) is 0. The molecule has 1 N–H and O–H groups in total. The summed E-state index contributed by atoms with van der Waals surface area (Å²) in [5.41, 5.74) is 1.85. The lowest BCUT2D eigenvalue weighted by Gasteiger charge is -2.13. The van der Waals surface area contributed by atoms with Crippen molar-refractivity contribution in [1.82, 2.24) is 20.1 Å². The topological polar surface area (TPSA) is 59.8 Å². The highest BCUT2D eigenvalue weighted by molar-refractivity contribution is 7.99. The maximum Gasteiger partial charge on any atom is 0.230 e. The quantitative estimate of drug-likeness (QED) is 0.474. The van der Waals surface area contributed by atoms with Crippen LogP contribution in [0.5, 0.6) is 0 Å². The zero-order valence-electron chi connectivity index (χ0n) is 16.2. The second-order valence-corrected chi connectivity index (χ2v) is 8.45. The Balaban J connectivity index is 1.90. The standard InChI is InChI=1S/C21H22Cl2N4OS/c1-3-14(2)24-19(28)13-29-21-26-25-20(17-10-9-16(22)11-18(17)23)27(21)12-15-7-5-4-6-8-15/h4-11,14H,3,12-13H2,1-2H3,(H,24,28). The van der Waals surface area contributed by atoms with Gasteiger partial charge in [-0.1, -0.05) is 72.2 Å². The summed E-state index contributed by atoms with van der Waals surface area (Å²) in [6, 6.07) is 15.5. The van der Waals surface area contributed by atoms with Gasteiger partial charge in [0.2, 0.25) is 5.91 Å². The summed E-state index contributed by atoms with van der Waals surface area (Å²) in [4.78, 5) is 12.2. The number of nitrogens with zero attached hydrogens (tertiary/aromatic N) is 3. The van der Waals surface area contributed by atoms with E-state index in [1.807, 2.05) is 54.8 Å². The third-order valence-corrected chi connectivity index (χ3v) is 5.94. The van der Waals surface area contributed by atoms with Gasteiger partial charge in [0.25, 0.3) is 0 Å². The van der Waals surface area contributed by atoms with E-state index in [1.165, 1.54) is 11.8 Å². The van der Waals surface area contributed by atoms with E-state index in [2.05, 4.69) is 15.5 Å². The number of benzene rings is 2. The first-order valence-electron chi connectivity index (χ1n) is 9.32. The van der Waals surface area contributed by atoms with Crippen LogP contribution in [0.1, 0.15) is 25.8 Å². The van der Waals surface area contributed by atoms with Crippen LogP contribution in [-0.2, 0) is 11.3 Å². The smallest absolute Gasteiger partial charge is 0.230 e. The molecule has 1 unspecified atom stereocenters. The molecule has 0 radical (unpaired) electrons. The van der Waals surface area contributed by atoms with Crippen LogP contribution < -0.4 is 5.32 Å². The molecule has 2 aromatic carbocycles. The van der Waals surface area contributed by atoms with Gasteiger partial charge in [-0.3, -0.25) is 9.36 Å². The highest BCUT2D eigenvalue weighted by atomic mass is 35.5. The predicted octanol–water partition coefficient (Wildman–Crippen LogP) is 5.31. The molecule has 0 bridgehead atoms. The van der Waals surface area contributed by atoms with Crippen molar-refractivity contribution in [2.45, 2.75) is 38.0 Å². The number of halogens is 2. The van der Waals surface area contributed by atoms with Gasteiger partial charge in [0, 0.05) is 16.6 Å². The molecule has 0 saturated heterocycles. The number of nitrogens with one attached hydrogen (secondary N) is 1. The monoisotopic (exact) mass is 448 g/mol. The average molecular weight is 449 g/mol. The first kappa shape index (κ1) is 21.7. The first-order chi connectivity index (χ1) is 14.0. The Kier molecular flexibility index (Phi) is 7.58. The number of aromatic nitrogens is 3. The van der Waals surface area contributed by atoms with Gasteiger partial charge < -0.3 is 5.32 Å². The van der Waals surface area contributed by atoms with Crippen LogP contribution in [0.3, 0.4) is 0 Å². The molecule has 1 atom stereocenters. The minimum Gasteiger partial charge on any atom is -0.353 e. The van der Waals surface area contributed by atoms with Crippen molar-refractivity contribution in [2.24, 2.45) is 0 Å². The number of carbonyl (C=O) groups excluding carboxylic acids is 1. The molecule has 5 nitrogen and oxygen atoms in total. The van der Waals surface area contributed by atoms with Gasteiger partial charge in [-0.25, -0.2) is 0 Å². The summed E-state index contributed by atoms with van der Waals surface area (Å²) in [6.07, 6.45) is 0.889. The van der Waals surface area contributed by atoms with Crippen LogP contribution >= 0.6 is 35.0 Å². The first-order valence-corrected chi connectivity index (χ1v) is 11.1. The van der Waals surface area contributed by atoms with Gasteiger partial charge >= 0.3 is 0 Å². The van der Waals surface area contributed by atoms with E-state index in [0.717, 1.165) is 17.5 Å². The molecule has 0 spiro atoms. The molecule has 0 saturated carbocycles. The van der Waals surface area contributed by atoms with Crippen molar-refractivity contribution in [3.63, 3.8) is 0 Å². The molecule has 0 aliphatic heterocycles. The summed E-state index contributed by atoms with van der Waals surface area (Å²) in [6.45, 7) is 4.59. The van der Waals surface area contributed by atoms with Crippen molar-refractivity contribution in [2.75, 3.05) is 5.75 Å². The lowest BCUT2D eigenvalue weighted by molar-refractivity contribution is -0.119. The van der Waals surface area contributed by atoms with E-state index in [4.69, 9.17) is 23.2 Å². The molecule has 1 amide bonds. The summed E-state index contributed by atoms with van der Waals surface area (Å²) < 4.78 is 1.98. The van der Waals surface area contributed by atoms with Crippen molar-refractivity contribution >= 4 is 40.9 Å². The molecule has 0 fully saturated rings. The Morgan fingerprint density at radius 2 is 1.93 bits per heavy atom. The third kappa shape index (κ3) is 5.75. The Bertz CT molecular complexity index is 978. The van der Waals surface area contributed by atoms with Gasteiger partial charge in [0.05, 0.1) is 17.3 Å². The van der Waals surface area contributed by atoms with E-state index in [-0.39, 0.29) is 17.7 Å². The molecular formula is C21H22Cl2N4OS. The molecular weight excluding hydrogens is 427 g/mol. The number of carbonyl (C=O) groups is 1. The number of hydrogen-bond donors (Lipinski definition) is 1. The van der Waals surface area contributed by atoms with Crippen LogP contribution in [-0.4, -0.2) is 32.5 Å². The van der Waals surface area contributed by atoms with Gasteiger partial charge in [-0.05, 0) is 37.1 Å². The zero-order valence-corrected chi connectivity index (χ0v) is 18.6. The van der Waals surface area contributed by atoms with Crippen LogP contribution in [0.2, 0.25) is 10.0 Å². The van der Waals surface area contributed by atoms with Crippen molar-refractivity contribution in [3.05, 3.63) is 64.1 Å². The minimum absolute atomic E-state index is 0.0234. The Morgan fingerprint density at radius 1 is 1.17 bits per heavy atom. The van der Waals surface area contributed by atoms with E-state index in [9.17, 15) is 4.79 Å². The highest BCUT2D eigenvalue weighted by Crippen LogP contribution is 2.32. The molecule has 3 aromatic rings. The van der Waals surface area contributed by atoms with Crippen molar-refractivity contribution < 1.29 is 4.79 Å². The average Bonchev–Trinajstić information content (AvgIpc) is 3.09. The Morgan fingerprint density at radius 3 is 2.62 bits per heavy atom. The van der Waals surface area contributed by atoms with Crippen LogP contribution in [0.4, 0.5) is 0 Å². The zero-order chi connectivity index (χ0) is 20.8. The highest BCUT2D eigenvalue weighted by Gasteiger charge is 2.18. The number of thioether (sulfide) groups is 1. The van der Waals surface area contributed by atoms with Gasteiger partial charge in [-0.15, -0.1) is 10.2 Å². The van der Waals surface area contributed by atoms with Gasteiger partial charge in [-0.2, -0.15) is 0 Å². The fourth-order valence-electron chi connectivity index (χ4n) is 2.72. The van der Waals surface area contributed by atoms with Crippen molar-refractivity contribution in [1.29, 1.82) is 0 Å². The lowest BCUT2D eigenvalue weighted by Crippen LogP contribution is -2.33. The number of amides is 1. The van der Waals surface area contributed by atoms with E-state index in [0.29, 0.717) is 27.6 Å². The Hall–Kier alpha value is -2.02. The van der Waals surface area contributed by atoms with Gasteiger partial charge in [0.15, 0.2) is 11.0 Å². The molecule has 0 aliphatic carbocycles. The fourth-order valence-corrected chi connectivity index (χ4v) is 3.96. The van der Waals surface area contributed by atoms with E-state index in [1.54, 1.807) is 12.1 Å². The fraction of sp³-hybridized carbons (Fsp3) is 0.286. The third-order valence-electron chi connectivity index (χ3n) is 4.42. The van der Waals surface area contributed by atoms with E-state index < -0.39 is 0 Å². The Labute approximate surface area is 184 Å². The van der Waals surface area contributed by atoms with E-state index >= 15 is 0 Å². The van der Waals surface area contributed by atoms with Crippen LogP contribution in [0.15, 0.2) is 53.7 Å². The van der Waals surface area contributed by atoms with Crippen LogP contribution in [0, 0.1) is 0 Å². The number of rotatable bonds is 8. The summed E-state index contributed by atoms with van der Waals surface area (Å²) >= 11 is 13.8. The molecule has 3 rings (SSSR count). The maximum absolute atomic E-state index is 12.2. The number of hydrogen-bond acceptors (Lipinski definition) is 4. The van der Waals surface area contributed by atoms with Crippen molar-refractivity contribution in [3.8, 4) is 11.4 Å². The molecule has 29 heavy (non-hydrogen) atoms. The molecule has 8 heteroatoms. The lowest BCUT2D eigenvalue weighted by atomic mass is 10.2. The molecule has 1 aromatic heterocycles. The van der Waals surface area contributed by atoms with Crippen LogP contribution in [0.25, 0.3) is 11.4 Å². The molecule has 0 aliphatic rings. The maximum atomic E-state index is 12.2. The summed E-state index contributed by atoms with van der Waals surface area (Å²) in [5.74, 6) is 0.885. The second kappa shape index (κ2) is 10.1. The summed E-state index contributed by atoms with van der Waals surface area (Å²) in [5, 5.41) is 13.4. The normalized spacial score (nSPS) is 12.0. The van der Waals surface area contributed by atoms with Gasteiger partial charge in [0.1, 0.15) is 0 Å². The minimum atomic E-state index is -0.0234. The SMILES string of the molecule is CCC(C)NC(=O)CSc1nnc(-c2ccc(Cl)cc2Cl)n1Cc1ccccc1.